The van der Waals surface area contributed by atoms with Gasteiger partial charge in [-0.15, -0.1) is 0 Å². The van der Waals surface area contributed by atoms with Gasteiger partial charge >= 0.3 is 6.61 Å². The van der Waals surface area contributed by atoms with Gasteiger partial charge in [-0.25, -0.2) is 4.98 Å². The number of hydrogen-bond acceptors (Lipinski definition) is 4. The van der Waals surface area contributed by atoms with E-state index in [4.69, 9.17) is 11.6 Å². The summed E-state index contributed by atoms with van der Waals surface area (Å²) in [4.78, 5) is 16.5. The Bertz CT molecular complexity index is 967. The summed E-state index contributed by atoms with van der Waals surface area (Å²) >= 11 is 7.17. The number of nitrogens with zero attached hydrogens (tertiary/aromatic N) is 2. The number of alkyl halides is 2. The molecule has 0 saturated carbocycles. The molecule has 0 radical (unpaired) electrons. The van der Waals surface area contributed by atoms with Gasteiger partial charge in [-0.3, -0.25) is 4.79 Å². The Morgan fingerprint density at radius 2 is 2.04 bits per heavy atom. The zero-order chi connectivity index (χ0) is 20.1. The third kappa shape index (κ3) is 5.02. The fourth-order valence-electron chi connectivity index (χ4n) is 2.50. The van der Waals surface area contributed by atoms with E-state index in [-0.39, 0.29) is 22.4 Å². The van der Waals surface area contributed by atoms with Gasteiger partial charge in [-0.1, -0.05) is 53.7 Å². The number of carbonyl (C=O) groups excluding carboxylic acids is 1. The predicted octanol–water partition coefficient (Wildman–Crippen LogP) is 5.07. The number of halogens is 3. The van der Waals surface area contributed by atoms with Gasteiger partial charge in [0.15, 0.2) is 5.16 Å². The van der Waals surface area contributed by atoms with Crippen LogP contribution in [0.1, 0.15) is 0 Å². The van der Waals surface area contributed by atoms with Crippen molar-refractivity contribution in [3.05, 3.63) is 59.8 Å². The fraction of sp³-hybridized carbons (Fsp3) is 0.158. The number of anilines is 1. The van der Waals surface area contributed by atoms with Crippen LogP contribution in [0.2, 0.25) is 5.02 Å². The average Bonchev–Trinajstić information content (AvgIpc) is 3.03. The van der Waals surface area contributed by atoms with Crippen LogP contribution in [-0.2, 0) is 11.8 Å². The van der Waals surface area contributed by atoms with Crippen molar-refractivity contribution in [3.8, 4) is 17.0 Å². The third-order valence-electron chi connectivity index (χ3n) is 3.78. The lowest BCUT2D eigenvalue weighted by atomic mass is 10.2. The summed E-state index contributed by atoms with van der Waals surface area (Å²) in [5.74, 6) is -0.287. The van der Waals surface area contributed by atoms with Crippen molar-refractivity contribution in [1.29, 1.82) is 0 Å². The van der Waals surface area contributed by atoms with Crippen LogP contribution in [0.3, 0.4) is 0 Å². The minimum Gasteiger partial charge on any atom is -0.433 e. The van der Waals surface area contributed by atoms with E-state index in [0.717, 1.165) is 11.3 Å². The molecule has 5 nitrogen and oxygen atoms in total. The Labute approximate surface area is 169 Å². The molecule has 0 saturated heterocycles. The van der Waals surface area contributed by atoms with Crippen molar-refractivity contribution < 1.29 is 18.3 Å². The number of aromatic nitrogens is 2. The second-order valence-corrected chi connectivity index (χ2v) is 7.06. The standard InChI is InChI=1S/C19H16ClF2N3O2S/c1-25-15(12-5-3-2-4-6-12)10-23-19(25)28-11-17(26)24-13-7-8-16(14(20)9-13)27-18(21)22/h2-10,18H,11H2,1H3,(H,24,26). The summed E-state index contributed by atoms with van der Waals surface area (Å²) in [7, 11) is 1.89. The van der Waals surface area contributed by atoms with E-state index < -0.39 is 6.61 Å². The Kier molecular flexibility index (Phi) is 6.53. The zero-order valence-corrected chi connectivity index (χ0v) is 16.3. The molecule has 0 bridgehead atoms. The topological polar surface area (TPSA) is 56.2 Å². The van der Waals surface area contributed by atoms with E-state index in [9.17, 15) is 13.6 Å². The molecule has 1 aromatic heterocycles. The first-order chi connectivity index (χ1) is 13.4. The van der Waals surface area contributed by atoms with E-state index in [2.05, 4.69) is 15.0 Å². The number of carbonyl (C=O) groups is 1. The first kappa shape index (κ1) is 20.2. The molecular weight excluding hydrogens is 408 g/mol. The summed E-state index contributed by atoms with van der Waals surface area (Å²) in [6.07, 6.45) is 1.76. The van der Waals surface area contributed by atoms with Crippen LogP contribution in [0.5, 0.6) is 5.75 Å². The number of rotatable bonds is 7. The van der Waals surface area contributed by atoms with Gasteiger partial charge in [0.2, 0.25) is 5.91 Å². The second kappa shape index (κ2) is 9.07. The monoisotopic (exact) mass is 423 g/mol. The molecule has 3 rings (SSSR count). The molecule has 1 N–H and O–H groups in total. The summed E-state index contributed by atoms with van der Waals surface area (Å²) in [6, 6.07) is 13.9. The predicted molar refractivity (Wildman–Crippen MR) is 106 cm³/mol. The molecule has 0 fully saturated rings. The highest BCUT2D eigenvalue weighted by Gasteiger charge is 2.13. The third-order valence-corrected chi connectivity index (χ3v) is 5.12. The SMILES string of the molecule is Cn1c(-c2ccccc2)cnc1SCC(=O)Nc1ccc(OC(F)F)c(Cl)c1. The molecule has 1 amide bonds. The summed E-state index contributed by atoms with van der Waals surface area (Å²) in [5, 5.41) is 3.36. The van der Waals surface area contributed by atoms with Crippen molar-refractivity contribution in [1.82, 2.24) is 9.55 Å². The van der Waals surface area contributed by atoms with Gasteiger partial charge in [0.25, 0.3) is 0 Å². The number of imidazole rings is 1. The highest BCUT2D eigenvalue weighted by atomic mass is 35.5. The number of ether oxygens (including phenoxy) is 1. The van der Waals surface area contributed by atoms with E-state index >= 15 is 0 Å². The lowest BCUT2D eigenvalue weighted by Gasteiger charge is -2.10. The lowest BCUT2D eigenvalue weighted by Crippen LogP contribution is -2.14. The maximum Gasteiger partial charge on any atom is 0.387 e. The highest BCUT2D eigenvalue weighted by molar-refractivity contribution is 7.99. The normalized spacial score (nSPS) is 10.9. The summed E-state index contributed by atoms with van der Waals surface area (Å²) in [5.41, 5.74) is 2.38. The Balaban J connectivity index is 1.59. The summed E-state index contributed by atoms with van der Waals surface area (Å²) < 4.78 is 30.7. The summed E-state index contributed by atoms with van der Waals surface area (Å²) in [6.45, 7) is -2.96. The van der Waals surface area contributed by atoms with Crippen molar-refractivity contribution in [3.63, 3.8) is 0 Å². The van der Waals surface area contributed by atoms with Gasteiger partial charge < -0.3 is 14.6 Å². The maximum atomic E-state index is 12.3. The second-order valence-electron chi connectivity index (χ2n) is 5.71. The van der Waals surface area contributed by atoms with E-state index in [1.165, 1.54) is 30.0 Å². The number of hydrogen-bond donors (Lipinski definition) is 1. The number of thioether (sulfide) groups is 1. The van der Waals surface area contributed by atoms with E-state index in [0.29, 0.717) is 10.8 Å². The highest BCUT2D eigenvalue weighted by Crippen LogP contribution is 2.29. The van der Waals surface area contributed by atoms with Crippen LogP contribution < -0.4 is 10.1 Å². The van der Waals surface area contributed by atoms with Crippen LogP contribution >= 0.6 is 23.4 Å². The Hall–Kier alpha value is -2.58. The molecule has 0 atom stereocenters. The molecule has 0 aliphatic rings. The maximum absolute atomic E-state index is 12.3. The number of benzene rings is 2. The molecule has 0 aliphatic carbocycles. The van der Waals surface area contributed by atoms with Gasteiger partial charge in [-0.2, -0.15) is 8.78 Å². The molecule has 146 valence electrons. The first-order valence-corrected chi connectivity index (χ1v) is 9.54. The minimum absolute atomic E-state index is 0.0117. The zero-order valence-electron chi connectivity index (χ0n) is 14.7. The van der Waals surface area contributed by atoms with Crippen LogP contribution in [-0.4, -0.2) is 27.8 Å². The van der Waals surface area contributed by atoms with Crippen LogP contribution in [0.4, 0.5) is 14.5 Å². The van der Waals surface area contributed by atoms with Crippen molar-refractivity contribution in [2.45, 2.75) is 11.8 Å². The van der Waals surface area contributed by atoms with Crippen LogP contribution in [0.25, 0.3) is 11.3 Å². The molecule has 9 heteroatoms. The van der Waals surface area contributed by atoms with Gasteiger partial charge in [0.05, 0.1) is 22.7 Å². The Morgan fingerprint density at radius 3 is 2.71 bits per heavy atom. The fourth-order valence-corrected chi connectivity index (χ4v) is 3.48. The smallest absolute Gasteiger partial charge is 0.387 e. The van der Waals surface area contributed by atoms with Gasteiger partial charge in [-0.05, 0) is 23.8 Å². The molecule has 28 heavy (non-hydrogen) atoms. The van der Waals surface area contributed by atoms with Gasteiger partial charge in [0, 0.05) is 12.7 Å². The molecule has 0 spiro atoms. The molecular formula is C19H16ClF2N3O2S. The largest absolute Gasteiger partial charge is 0.433 e. The Morgan fingerprint density at radius 1 is 1.29 bits per heavy atom. The number of amides is 1. The van der Waals surface area contributed by atoms with Crippen LogP contribution in [0, 0.1) is 0 Å². The average molecular weight is 424 g/mol. The lowest BCUT2D eigenvalue weighted by molar-refractivity contribution is -0.113. The first-order valence-electron chi connectivity index (χ1n) is 8.18. The van der Waals surface area contributed by atoms with Gasteiger partial charge in [0.1, 0.15) is 5.75 Å². The van der Waals surface area contributed by atoms with Crippen LogP contribution in [0.15, 0.2) is 59.9 Å². The van der Waals surface area contributed by atoms with Crippen molar-refractivity contribution in [2.24, 2.45) is 7.05 Å². The molecule has 3 aromatic rings. The quantitative estimate of drug-likeness (QED) is 0.539. The molecule has 0 aliphatic heterocycles. The van der Waals surface area contributed by atoms with Crippen molar-refractivity contribution >= 4 is 35.0 Å². The van der Waals surface area contributed by atoms with E-state index in [1.54, 1.807) is 6.20 Å². The molecule has 1 heterocycles. The number of nitrogens with one attached hydrogen (secondary N) is 1. The minimum atomic E-state index is -2.96. The van der Waals surface area contributed by atoms with E-state index in [1.807, 2.05) is 41.9 Å². The molecule has 0 unspecified atom stereocenters. The van der Waals surface area contributed by atoms with Crippen molar-refractivity contribution in [2.75, 3.05) is 11.1 Å². The molecule has 2 aromatic carbocycles.